The molecule has 0 aromatic carbocycles. The molecule has 80 valence electrons. The van der Waals surface area contributed by atoms with E-state index < -0.39 is 26.4 Å². The van der Waals surface area contributed by atoms with Gasteiger partial charge in [-0.05, 0) is 0 Å². The van der Waals surface area contributed by atoms with E-state index in [9.17, 15) is 0 Å². The second kappa shape index (κ2) is 3.86. The van der Waals surface area contributed by atoms with Gasteiger partial charge in [0.2, 0.25) is 0 Å². The molecule has 0 unspecified atom stereocenters. The summed E-state index contributed by atoms with van der Waals surface area (Å²) in [6, 6.07) is 0. The first-order chi connectivity index (χ1) is 5.37. The maximum atomic E-state index is 2.59. The van der Waals surface area contributed by atoms with Crippen LogP contribution in [-0.4, -0.2) is 26.4 Å². The van der Waals surface area contributed by atoms with E-state index in [0.717, 1.165) is 0 Å². The van der Waals surface area contributed by atoms with Crippen molar-refractivity contribution in [2.45, 2.75) is 64.3 Å². The molecule has 0 nitrogen and oxygen atoms in total. The van der Waals surface area contributed by atoms with Gasteiger partial charge in [-0.25, -0.2) is 0 Å². The summed E-state index contributed by atoms with van der Waals surface area (Å²) in [4.78, 5) is 0. The molecule has 0 amide bonds. The fraction of sp³-hybridized carbons (Fsp3) is 1.00. The van der Waals surface area contributed by atoms with Gasteiger partial charge < -0.3 is 0 Å². The summed E-state index contributed by atoms with van der Waals surface area (Å²) in [6.07, 6.45) is 0. The summed E-state index contributed by atoms with van der Waals surface area (Å²) in [5, 5.41) is 0. The van der Waals surface area contributed by atoms with Crippen LogP contribution in [0.4, 0.5) is 0 Å². The normalized spacial score (nSPS) is 15.2. The second-order valence-corrected chi connectivity index (χ2v) is 43.6. The van der Waals surface area contributed by atoms with E-state index >= 15 is 0 Å². The van der Waals surface area contributed by atoms with Crippen LogP contribution in [0.15, 0.2) is 0 Å². The van der Waals surface area contributed by atoms with Gasteiger partial charge in [0.15, 0.2) is 0 Å². The zero-order chi connectivity index (χ0) is 11.1. The Morgan fingerprint density at radius 1 is 0.692 bits per heavy atom. The molecule has 0 spiro atoms. The minimum absolute atomic E-state index is 0.597. The van der Waals surface area contributed by atoms with Gasteiger partial charge in [-0.15, -0.1) is 0 Å². The van der Waals surface area contributed by atoms with Crippen molar-refractivity contribution in [1.29, 1.82) is 0 Å². The van der Waals surface area contributed by atoms with Crippen LogP contribution in [-0.2, 0) is 0 Å². The fourth-order valence-electron chi connectivity index (χ4n) is 3.02. The summed E-state index contributed by atoms with van der Waals surface area (Å²) in [5.41, 5.74) is 0. The van der Waals surface area contributed by atoms with Crippen molar-refractivity contribution in [2.75, 3.05) is 0 Å². The molecule has 0 saturated carbocycles. The van der Waals surface area contributed by atoms with E-state index in [4.69, 9.17) is 0 Å². The van der Waals surface area contributed by atoms with Gasteiger partial charge in [0.05, 0.1) is 0 Å². The van der Waals surface area contributed by atoms with Crippen LogP contribution in [0.3, 0.4) is 0 Å². The van der Waals surface area contributed by atoms with Crippen LogP contribution < -0.4 is 0 Å². The van der Waals surface area contributed by atoms with Crippen LogP contribution in [0.1, 0.15) is 20.8 Å². The van der Waals surface area contributed by atoms with Gasteiger partial charge in [-0.3, -0.25) is 0 Å². The summed E-state index contributed by atoms with van der Waals surface area (Å²) in [7, 11) is 0. The zero-order valence-electron chi connectivity index (χ0n) is 10.9. The van der Waals surface area contributed by atoms with Crippen LogP contribution in [0.25, 0.3) is 0 Å². The summed E-state index contributed by atoms with van der Waals surface area (Å²) < 4.78 is 0.655. The Kier molecular flexibility index (Phi) is 4.16. The topological polar surface area (TPSA) is 0 Å². The molecule has 0 aliphatic carbocycles. The molecule has 0 aliphatic rings. The first-order valence-corrected chi connectivity index (χ1v) is 18.6. The number of rotatable bonds is 2. The quantitative estimate of drug-likeness (QED) is 0.667. The van der Waals surface area contributed by atoms with Gasteiger partial charge in [-0.2, -0.15) is 0 Å². The van der Waals surface area contributed by atoms with Crippen molar-refractivity contribution in [3.05, 3.63) is 0 Å². The predicted octanol–water partition coefficient (Wildman–Crippen LogP) is 4.11. The molecule has 3 heteroatoms. The molecule has 0 atom stereocenters. The molecule has 0 aromatic rings. The van der Waals surface area contributed by atoms with E-state index in [-0.39, 0.29) is 0 Å². The van der Waals surface area contributed by atoms with Crippen molar-refractivity contribution in [3.63, 3.8) is 0 Å². The Bertz CT molecular complexity index is 136. The van der Waals surface area contributed by atoms with Crippen LogP contribution in [0.2, 0.25) is 43.5 Å². The van der Waals surface area contributed by atoms with Gasteiger partial charge in [0, 0.05) is 0 Å². The Labute approximate surface area is 90.6 Å². The average Bonchev–Trinajstić information content (AvgIpc) is 1.44. The SMILES string of the molecule is CC(C)(C)[As]([Si](C)(C)C)[Si](C)(C)C. The first kappa shape index (κ1) is 14.0. The van der Waals surface area contributed by atoms with Gasteiger partial charge >= 0.3 is 90.7 Å². The minimum atomic E-state index is -0.850. The van der Waals surface area contributed by atoms with Crippen LogP contribution in [0, 0.1) is 0 Å². The monoisotopic (exact) mass is 278 g/mol. The van der Waals surface area contributed by atoms with Crippen molar-refractivity contribution in [2.24, 2.45) is 0 Å². The molecule has 0 N–H and O–H groups in total. The number of hydrogen-bond donors (Lipinski definition) is 0. The summed E-state index contributed by atoms with van der Waals surface area (Å²) >= 11 is -0.597. The fourth-order valence-corrected chi connectivity index (χ4v) is 78.4. The molecule has 0 saturated heterocycles. The van der Waals surface area contributed by atoms with Crippen molar-refractivity contribution in [3.8, 4) is 0 Å². The van der Waals surface area contributed by atoms with E-state index in [1.54, 1.807) is 0 Å². The van der Waals surface area contributed by atoms with Gasteiger partial charge in [0.25, 0.3) is 0 Å². The van der Waals surface area contributed by atoms with E-state index in [2.05, 4.69) is 60.1 Å². The third-order valence-electron chi connectivity index (χ3n) is 2.01. The maximum absolute atomic E-state index is 2.59. The third-order valence-corrected chi connectivity index (χ3v) is 52.3. The standard InChI is InChI=1S/C10H27AsSi2/c1-10(2,3)11(12(4,5)6)13(7,8)9/h1-9H3. The van der Waals surface area contributed by atoms with Gasteiger partial charge in [0.1, 0.15) is 0 Å². The molecule has 0 aliphatic heterocycles. The average molecular weight is 278 g/mol. The molecule has 0 rings (SSSR count). The molecule has 0 heterocycles. The van der Waals surface area contributed by atoms with Crippen molar-refractivity contribution >= 4 is 26.4 Å². The van der Waals surface area contributed by atoms with Crippen molar-refractivity contribution in [1.82, 2.24) is 0 Å². The van der Waals surface area contributed by atoms with Crippen molar-refractivity contribution < 1.29 is 0 Å². The number of hydrogen-bond acceptors (Lipinski definition) is 0. The Hall–Kier alpha value is 0.992. The second-order valence-electron chi connectivity index (χ2n) is 6.85. The summed E-state index contributed by atoms with van der Waals surface area (Å²) in [6.45, 7) is 21.3. The molecule has 0 aromatic heterocycles. The van der Waals surface area contributed by atoms with Crippen LogP contribution >= 0.6 is 0 Å². The van der Waals surface area contributed by atoms with Gasteiger partial charge in [-0.1, -0.05) is 0 Å². The van der Waals surface area contributed by atoms with Crippen LogP contribution in [0.5, 0.6) is 0 Å². The molecular weight excluding hydrogens is 251 g/mol. The predicted molar refractivity (Wildman–Crippen MR) is 72.2 cm³/mol. The first-order valence-electron chi connectivity index (χ1n) is 5.17. The Morgan fingerprint density at radius 2 is 0.923 bits per heavy atom. The molecule has 0 fully saturated rings. The zero-order valence-corrected chi connectivity index (χ0v) is 14.8. The summed E-state index contributed by atoms with van der Waals surface area (Å²) in [5.74, 6) is 0. The molecule has 0 bridgehead atoms. The Morgan fingerprint density at radius 3 is 0.923 bits per heavy atom. The third kappa shape index (κ3) is 4.35. The van der Waals surface area contributed by atoms with E-state index in [0.29, 0.717) is 4.20 Å². The van der Waals surface area contributed by atoms with E-state index in [1.165, 1.54) is 0 Å². The van der Waals surface area contributed by atoms with E-state index in [1.807, 2.05) is 0 Å². The molecule has 0 radical (unpaired) electrons. The molecule has 13 heavy (non-hydrogen) atoms. The molecular formula is C10H27AsSi2. The Balaban J connectivity index is 5.02.